The molecule has 1 atom stereocenters. The molecule has 0 aliphatic rings. The standard InChI is InChI=1S/C21H19FN4O2/c1-3-17(21(28)23-15-10-8-14(22)9-11-15)26-18-7-5-4-6-16(18)20-24-19(27)12-13(2)25(20)26/h4-12,17H,3H2,1-2H3,(H,23,28)/t17-/m1/s1. The molecular formula is C21H19FN4O2. The summed E-state index contributed by atoms with van der Waals surface area (Å²) >= 11 is 0. The lowest BCUT2D eigenvalue weighted by atomic mass is 10.2. The van der Waals surface area contributed by atoms with E-state index in [2.05, 4.69) is 10.3 Å². The smallest absolute Gasteiger partial charge is 0.273 e. The highest BCUT2D eigenvalue weighted by Crippen LogP contribution is 2.27. The van der Waals surface area contributed by atoms with Gasteiger partial charge >= 0.3 is 0 Å². The second-order valence-electron chi connectivity index (χ2n) is 6.65. The first kappa shape index (κ1) is 17.9. The molecule has 2 aromatic carbocycles. The number of anilines is 1. The largest absolute Gasteiger partial charge is 0.324 e. The van der Waals surface area contributed by atoms with E-state index in [0.29, 0.717) is 23.4 Å². The van der Waals surface area contributed by atoms with Crippen LogP contribution in [0.15, 0.2) is 59.4 Å². The van der Waals surface area contributed by atoms with Crippen molar-refractivity contribution in [2.75, 3.05) is 5.32 Å². The monoisotopic (exact) mass is 378 g/mol. The number of nitrogens with zero attached hydrogens (tertiary/aromatic N) is 3. The molecule has 4 rings (SSSR count). The average molecular weight is 378 g/mol. The number of para-hydroxylation sites is 1. The van der Waals surface area contributed by atoms with Crippen LogP contribution >= 0.6 is 0 Å². The molecule has 0 unspecified atom stereocenters. The first-order chi connectivity index (χ1) is 13.5. The molecule has 0 aliphatic carbocycles. The Kier molecular flexibility index (Phi) is 4.43. The second kappa shape index (κ2) is 6.92. The van der Waals surface area contributed by atoms with Gasteiger partial charge in [0.1, 0.15) is 11.9 Å². The zero-order valence-electron chi connectivity index (χ0n) is 15.5. The van der Waals surface area contributed by atoms with Crippen LogP contribution in [-0.4, -0.2) is 20.1 Å². The van der Waals surface area contributed by atoms with E-state index >= 15 is 0 Å². The molecule has 0 radical (unpaired) electrons. The van der Waals surface area contributed by atoms with Crippen molar-refractivity contribution in [1.29, 1.82) is 0 Å². The molecule has 28 heavy (non-hydrogen) atoms. The summed E-state index contributed by atoms with van der Waals surface area (Å²) in [7, 11) is 0. The molecule has 1 amide bonds. The minimum absolute atomic E-state index is 0.227. The van der Waals surface area contributed by atoms with Crippen LogP contribution in [0.3, 0.4) is 0 Å². The molecule has 0 fully saturated rings. The van der Waals surface area contributed by atoms with Crippen molar-refractivity contribution in [2.24, 2.45) is 0 Å². The normalized spacial score (nSPS) is 12.4. The SMILES string of the molecule is CC[C@H](C(=O)Nc1ccc(F)cc1)n1c2ccccc2c2nc(=O)cc(C)n21. The van der Waals surface area contributed by atoms with Gasteiger partial charge in [-0.3, -0.25) is 14.3 Å². The van der Waals surface area contributed by atoms with Crippen LogP contribution < -0.4 is 10.9 Å². The summed E-state index contributed by atoms with van der Waals surface area (Å²) in [5.74, 6) is -0.590. The molecule has 0 spiro atoms. The highest BCUT2D eigenvalue weighted by molar-refractivity contribution is 5.97. The quantitative estimate of drug-likeness (QED) is 0.589. The molecule has 2 aromatic heterocycles. The minimum atomic E-state index is -0.546. The van der Waals surface area contributed by atoms with Gasteiger partial charge in [-0.25, -0.2) is 8.91 Å². The molecule has 6 nitrogen and oxygen atoms in total. The molecule has 2 heterocycles. The predicted octanol–water partition coefficient (Wildman–Crippen LogP) is 3.69. The Labute approximate surface area is 160 Å². The number of halogens is 1. The molecule has 0 bridgehead atoms. The summed E-state index contributed by atoms with van der Waals surface area (Å²) in [5, 5.41) is 3.65. The first-order valence-electron chi connectivity index (χ1n) is 9.05. The number of carbonyl (C=O) groups is 1. The fourth-order valence-electron chi connectivity index (χ4n) is 3.54. The number of rotatable bonds is 4. The summed E-state index contributed by atoms with van der Waals surface area (Å²) in [6.45, 7) is 3.73. The van der Waals surface area contributed by atoms with Crippen molar-refractivity contribution in [2.45, 2.75) is 26.3 Å². The molecule has 0 saturated heterocycles. The molecule has 0 aliphatic heterocycles. The number of carbonyl (C=O) groups excluding carboxylic acids is 1. The lowest BCUT2D eigenvalue weighted by Gasteiger charge is -2.20. The van der Waals surface area contributed by atoms with E-state index in [1.807, 2.05) is 47.3 Å². The van der Waals surface area contributed by atoms with Gasteiger partial charge in [0.15, 0.2) is 5.65 Å². The van der Waals surface area contributed by atoms with Crippen molar-refractivity contribution in [3.63, 3.8) is 0 Å². The summed E-state index contributed by atoms with van der Waals surface area (Å²) in [4.78, 5) is 29.2. The highest BCUT2D eigenvalue weighted by atomic mass is 19.1. The van der Waals surface area contributed by atoms with E-state index in [1.165, 1.54) is 30.3 Å². The second-order valence-corrected chi connectivity index (χ2v) is 6.65. The molecular weight excluding hydrogens is 359 g/mol. The third-order valence-corrected chi connectivity index (χ3v) is 4.79. The Balaban J connectivity index is 1.88. The van der Waals surface area contributed by atoms with Gasteiger partial charge in [0, 0.05) is 22.8 Å². The van der Waals surface area contributed by atoms with Crippen LogP contribution in [0.5, 0.6) is 0 Å². The number of benzene rings is 2. The molecule has 1 N–H and O–H groups in total. The predicted molar refractivity (Wildman–Crippen MR) is 106 cm³/mol. The van der Waals surface area contributed by atoms with Crippen molar-refractivity contribution in [3.05, 3.63) is 76.5 Å². The van der Waals surface area contributed by atoms with Crippen molar-refractivity contribution in [3.8, 4) is 0 Å². The van der Waals surface area contributed by atoms with Gasteiger partial charge in [0.25, 0.3) is 5.56 Å². The Morgan fingerprint density at radius 2 is 1.89 bits per heavy atom. The Bertz CT molecular complexity index is 1240. The van der Waals surface area contributed by atoms with Gasteiger partial charge < -0.3 is 5.32 Å². The number of amides is 1. The van der Waals surface area contributed by atoms with Gasteiger partial charge in [-0.2, -0.15) is 4.98 Å². The van der Waals surface area contributed by atoms with Crippen LogP contribution in [0, 0.1) is 12.7 Å². The van der Waals surface area contributed by atoms with Crippen molar-refractivity contribution in [1.82, 2.24) is 14.2 Å². The molecule has 4 aromatic rings. The van der Waals surface area contributed by atoms with Gasteiger partial charge in [0.2, 0.25) is 5.91 Å². The minimum Gasteiger partial charge on any atom is -0.324 e. The first-order valence-corrected chi connectivity index (χ1v) is 9.05. The number of hydrogen-bond donors (Lipinski definition) is 1. The van der Waals surface area contributed by atoms with E-state index in [4.69, 9.17) is 0 Å². The summed E-state index contributed by atoms with van der Waals surface area (Å²) in [5.41, 5.74) is 2.23. The topological polar surface area (TPSA) is 68.4 Å². The fourth-order valence-corrected chi connectivity index (χ4v) is 3.54. The molecule has 142 valence electrons. The van der Waals surface area contributed by atoms with E-state index in [1.54, 1.807) is 0 Å². The van der Waals surface area contributed by atoms with Gasteiger partial charge in [-0.15, -0.1) is 0 Å². The van der Waals surface area contributed by atoms with Crippen LogP contribution in [0.4, 0.5) is 10.1 Å². The number of nitrogens with one attached hydrogen (secondary N) is 1. The molecule has 0 saturated carbocycles. The van der Waals surface area contributed by atoms with Gasteiger partial charge in [0.05, 0.1) is 5.52 Å². The maximum atomic E-state index is 13.1. The van der Waals surface area contributed by atoms with E-state index < -0.39 is 6.04 Å². The van der Waals surface area contributed by atoms with E-state index in [0.717, 1.165) is 10.9 Å². The van der Waals surface area contributed by atoms with Crippen LogP contribution in [0.25, 0.3) is 16.6 Å². The summed E-state index contributed by atoms with van der Waals surface area (Å²) in [6, 6.07) is 14.1. The molecule has 7 heteroatoms. The maximum Gasteiger partial charge on any atom is 0.273 e. The lowest BCUT2D eigenvalue weighted by Crippen LogP contribution is -2.29. The van der Waals surface area contributed by atoms with Crippen molar-refractivity contribution >= 4 is 28.1 Å². The zero-order valence-corrected chi connectivity index (χ0v) is 15.5. The highest BCUT2D eigenvalue weighted by Gasteiger charge is 2.24. The van der Waals surface area contributed by atoms with Gasteiger partial charge in [-0.05, 0) is 49.7 Å². The fraction of sp³-hybridized carbons (Fsp3) is 0.190. The number of aromatic nitrogens is 3. The Morgan fingerprint density at radius 3 is 2.61 bits per heavy atom. The summed E-state index contributed by atoms with van der Waals surface area (Å²) in [6.07, 6.45) is 0.520. The van der Waals surface area contributed by atoms with Crippen LogP contribution in [0.1, 0.15) is 25.1 Å². The van der Waals surface area contributed by atoms with Crippen LogP contribution in [0.2, 0.25) is 0 Å². The Hall–Kier alpha value is -3.48. The number of hydrogen-bond acceptors (Lipinski definition) is 3. The van der Waals surface area contributed by atoms with E-state index in [-0.39, 0.29) is 17.3 Å². The van der Waals surface area contributed by atoms with Gasteiger partial charge in [-0.1, -0.05) is 19.1 Å². The summed E-state index contributed by atoms with van der Waals surface area (Å²) < 4.78 is 16.8. The van der Waals surface area contributed by atoms with E-state index in [9.17, 15) is 14.0 Å². The maximum absolute atomic E-state index is 13.1. The zero-order chi connectivity index (χ0) is 19.8. The third-order valence-electron chi connectivity index (χ3n) is 4.79. The lowest BCUT2D eigenvalue weighted by molar-refractivity contribution is -0.119. The van der Waals surface area contributed by atoms with Crippen molar-refractivity contribution < 1.29 is 9.18 Å². The average Bonchev–Trinajstić information content (AvgIpc) is 2.99. The third kappa shape index (κ3) is 2.94. The number of fused-ring (bicyclic) bond motifs is 3. The Morgan fingerprint density at radius 1 is 1.18 bits per heavy atom. The number of aryl methyl sites for hydroxylation is 1. The van der Waals surface area contributed by atoms with Crippen LogP contribution in [-0.2, 0) is 4.79 Å².